The van der Waals surface area contributed by atoms with Crippen LogP contribution in [0.1, 0.15) is 53.9 Å². The molecule has 0 aromatic rings. The average Bonchev–Trinajstić information content (AvgIpc) is 2.02. The van der Waals surface area contributed by atoms with E-state index in [4.69, 9.17) is 0 Å². The van der Waals surface area contributed by atoms with Crippen LogP contribution in [-0.2, 0) is 0 Å². The smallest absolute Gasteiger partial charge is 0.0144 e. The van der Waals surface area contributed by atoms with Gasteiger partial charge in [0.05, 0.1) is 0 Å². The van der Waals surface area contributed by atoms with Gasteiger partial charge in [0.1, 0.15) is 0 Å². The predicted octanol–water partition coefficient (Wildman–Crippen LogP) is 4.97. The summed E-state index contributed by atoms with van der Waals surface area (Å²) in [6, 6.07) is 0. The van der Waals surface area contributed by atoms with Crippen molar-refractivity contribution in [2.75, 3.05) is 0 Å². The molecule has 0 aliphatic rings. The molecule has 0 heterocycles. The highest BCUT2D eigenvalue weighted by Crippen LogP contribution is 2.32. The maximum Gasteiger partial charge on any atom is -0.0144 e. The molecule has 1 unspecified atom stereocenters. The fourth-order valence-electron chi connectivity index (χ4n) is 1.91. The standard InChI is InChI=1S/C14H26/c1-7-14(6,11-13(4)5)10-8-9-12(2)3/h7,9,13H,1,8,10-11H2,2-6H3. The highest BCUT2D eigenvalue weighted by atomic mass is 14.2. The Labute approximate surface area is 90.1 Å². The van der Waals surface area contributed by atoms with Gasteiger partial charge in [0.15, 0.2) is 0 Å². The highest BCUT2D eigenvalue weighted by Gasteiger charge is 2.20. The summed E-state index contributed by atoms with van der Waals surface area (Å²) in [5.74, 6) is 0.754. The Kier molecular flexibility index (Phi) is 5.83. The molecule has 0 amide bonds. The minimum absolute atomic E-state index is 0.320. The molecule has 0 fully saturated rings. The zero-order chi connectivity index (χ0) is 11.2. The largest absolute Gasteiger partial charge is 0.103 e. The van der Waals surface area contributed by atoms with Gasteiger partial charge >= 0.3 is 0 Å². The molecule has 0 heteroatoms. The second kappa shape index (κ2) is 6.06. The van der Waals surface area contributed by atoms with Crippen LogP contribution in [0.5, 0.6) is 0 Å². The van der Waals surface area contributed by atoms with Crippen molar-refractivity contribution in [1.29, 1.82) is 0 Å². The Balaban J connectivity index is 4.12. The lowest BCUT2D eigenvalue weighted by molar-refractivity contribution is 0.312. The van der Waals surface area contributed by atoms with E-state index in [1.165, 1.54) is 24.8 Å². The fraction of sp³-hybridized carbons (Fsp3) is 0.714. The van der Waals surface area contributed by atoms with Crippen molar-refractivity contribution in [1.82, 2.24) is 0 Å². The van der Waals surface area contributed by atoms with E-state index in [0.717, 1.165) is 5.92 Å². The zero-order valence-corrected chi connectivity index (χ0v) is 10.6. The van der Waals surface area contributed by atoms with E-state index in [-0.39, 0.29) is 0 Å². The molecule has 0 N–H and O–H groups in total. The molecule has 0 aliphatic carbocycles. The number of hydrogen-bond donors (Lipinski definition) is 0. The van der Waals surface area contributed by atoms with Crippen molar-refractivity contribution in [3.63, 3.8) is 0 Å². The average molecular weight is 194 g/mol. The van der Waals surface area contributed by atoms with E-state index >= 15 is 0 Å². The quantitative estimate of drug-likeness (QED) is 0.524. The third-order valence-corrected chi connectivity index (χ3v) is 2.64. The van der Waals surface area contributed by atoms with Gasteiger partial charge in [-0.25, -0.2) is 0 Å². The SMILES string of the molecule is C=CC(C)(CCC=C(C)C)CC(C)C. The Hall–Kier alpha value is -0.520. The van der Waals surface area contributed by atoms with Crippen LogP contribution in [0.2, 0.25) is 0 Å². The van der Waals surface area contributed by atoms with E-state index < -0.39 is 0 Å². The molecular formula is C14H26. The van der Waals surface area contributed by atoms with Crippen molar-refractivity contribution in [2.45, 2.75) is 53.9 Å². The van der Waals surface area contributed by atoms with E-state index in [1.54, 1.807) is 0 Å². The van der Waals surface area contributed by atoms with E-state index in [2.05, 4.69) is 53.3 Å². The minimum Gasteiger partial charge on any atom is -0.103 e. The summed E-state index contributed by atoms with van der Waals surface area (Å²) in [7, 11) is 0. The normalized spacial score (nSPS) is 15.0. The topological polar surface area (TPSA) is 0 Å². The van der Waals surface area contributed by atoms with Gasteiger partial charge in [0.2, 0.25) is 0 Å². The summed E-state index contributed by atoms with van der Waals surface area (Å²) >= 11 is 0. The molecule has 0 aliphatic heterocycles. The van der Waals surface area contributed by atoms with Gasteiger partial charge in [0, 0.05) is 0 Å². The van der Waals surface area contributed by atoms with E-state index in [0.29, 0.717) is 5.41 Å². The summed E-state index contributed by atoms with van der Waals surface area (Å²) in [6.07, 6.45) is 8.10. The summed E-state index contributed by atoms with van der Waals surface area (Å²) in [5, 5.41) is 0. The van der Waals surface area contributed by atoms with Crippen LogP contribution in [0.25, 0.3) is 0 Å². The molecule has 0 nitrogen and oxygen atoms in total. The first-order valence-electron chi connectivity index (χ1n) is 5.66. The Morgan fingerprint density at radius 3 is 2.29 bits per heavy atom. The van der Waals surface area contributed by atoms with Crippen molar-refractivity contribution in [3.8, 4) is 0 Å². The third kappa shape index (κ3) is 6.01. The van der Waals surface area contributed by atoms with Crippen molar-refractivity contribution < 1.29 is 0 Å². The van der Waals surface area contributed by atoms with Gasteiger partial charge in [-0.2, -0.15) is 0 Å². The Morgan fingerprint density at radius 2 is 1.93 bits per heavy atom. The van der Waals surface area contributed by atoms with Gasteiger partial charge in [-0.05, 0) is 44.4 Å². The van der Waals surface area contributed by atoms with Gasteiger partial charge in [-0.3, -0.25) is 0 Å². The predicted molar refractivity (Wildman–Crippen MR) is 66.4 cm³/mol. The van der Waals surface area contributed by atoms with Crippen LogP contribution in [0.3, 0.4) is 0 Å². The first-order valence-corrected chi connectivity index (χ1v) is 5.66. The molecule has 0 saturated carbocycles. The summed E-state index contributed by atoms with van der Waals surface area (Å²) in [6.45, 7) is 15.2. The Morgan fingerprint density at radius 1 is 1.36 bits per heavy atom. The molecule has 14 heavy (non-hydrogen) atoms. The molecule has 0 bridgehead atoms. The molecular weight excluding hydrogens is 168 g/mol. The van der Waals surface area contributed by atoms with Crippen LogP contribution in [0.4, 0.5) is 0 Å². The Bertz CT molecular complexity index is 194. The second-order valence-electron chi connectivity index (χ2n) is 5.28. The van der Waals surface area contributed by atoms with E-state index in [9.17, 15) is 0 Å². The first-order chi connectivity index (χ1) is 6.39. The van der Waals surface area contributed by atoms with Crippen LogP contribution in [0.15, 0.2) is 24.3 Å². The lowest BCUT2D eigenvalue weighted by Gasteiger charge is -2.27. The molecule has 1 atom stereocenters. The summed E-state index contributed by atoms with van der Waals surface area (Å²) < 4.78 is 0. The van der Waals surface area contributed by atoms with Gasteiger partial charge in [-0.1, -0.05) is 38.5 Å². The number of allylic oxidation sites excluding steroid dienone is 3. The third-order valence-electron chi connectivity index (χ3n) is 2.64. The molecule has 0 saturated heterocycles. The maximum absolute atomic E-state index is 3.96. The van der Waals surface area contributed by atoms with Crippen molar-refractivity contribution in [2.24, 2.45) is 11.3 Å². The molecule has 0 aromatic heterocycles. The fourth-order valence-corrected chi connectivity index (χ4v) is 1.91. The second-order valence-corrected chi connectivity index (χ2v) is 5.28. The summed E-state index contributed by atoms with van der Waals surface area (Å²) in [5.41, 5.74) is 1.74. The minimum atomic E-state index is 0.320. The van der Waals surface area contributed by atoms with Crippen LogP contribution >= 0.6 is 0 Å². The lowest BCUT2D eigenvalue weighted by atomic mass is 9.78. The molecule has 0 radical (unpaired) electrons. The molecule has 0 spiro atoms. The first kappa shape index (κ1) is 13.5. The van der Waals surface area contributed by atoms with Crippen molar-refractivity contribution in [3.05, 3.63) is 24.3 Å². The monoisotopic (exact) mass is 194 g/mol. The van der Waals surface area contributed by atoms with Crippen molar-refractivity contribution >= 4 is 0 Å². The molecule has 0 aromatic carbocycles. The highest BCUT2D eigenvalue weighted by molar-refractivity contribution is 4.97. The van der Waals surface area contributed by atoms with Gasteiger partial charge < -0.3 is 0 Å². The number of hydrogen-bond acceptors (Lipinski definition) is 0. The van der Waals surface area contributed by atoms with Gasteiger partial charge in [-0.15, -0.1) is 6.58 Å². The zero-order valence-electron chi connectivity index (χ0n) is 10.6. The van der Waals surface area contributed by atoms with Crippen LogP contribution < -0.4 is 0 Å². The molecule has 0 rings (SSSR count). The van der Waals surface area contributed by atoms with Crippen LogP contribution in [-0.4, -0.2) is 0 Å². The summed E-state index contributed by atoms with van der Waals surface area (Å²) in [4.78, 5) is 0. The number of rotatable bonds is 6. The van der Waals surface area contributed by atoms with Gasteiger partial charge in [0.25, 0.3) is 0 Å². The molecule has 82 valence electrons. The lowest BCUT2D eigenvalue weighted by Crippen LogP contribution is -2.15. The maximum atomic E-state index is 3.96. The van der Waals surface area contributed by atoms with E-state index in [1.807, 2.05) is 0 Å². The van der Waals surface area contributed by atoms with Crippen LogP contribution in [0, 0.1) is 11.3 Å².